The molecule has 0 saturated heterocycles. The van der Waals surface area contributed by atoms with Crippen molar-refractivity contribution in [3.63, 3.8) is 0 Å². The quantitative estimate of drug-likeness (QED) is 0.512. The van der Waals surface area contributed by atoms with Crippen LogP contribution in [0.25, 0.3) is 0 Å². The molecule has 1 aliphatic rings. The van der Waals surface area contributed by atoms with E-state index in [0.717, 1.165) is 16.7 Å². The lowest BCUT2D eigenvalue weighted by Crippen LogP contribution is -2.40. The Balaban J connectivity index is 1.94. The molecule has 170 valence electrons. The first-order chi connectivity index (χ1) is 15.4. The summed E-state index contributed by atoms with van der Waals surface area (Å²) in [5, 5.41) is 1.77. The van der Waals surface area contributed by atoms with E-state index in [2.05, 4.69) is 0 Å². The third-order valence-corrected chi connectivity index (χ3v) is 8.85. The fourth-order valence-corrected chi connectivity index (χ4v) is 6.79. The van der Waals surface area contributed by atoms with Crippen LogP contribution in [-0.2, 0) is 16.4 Å². The zero-order valence-electron chi connectivity index (χ0n) is 18.3. The van der Waals surface area contributed by atoms with Gasteiger partial charge in [-0.15, -0.1) is 11.3 Å². The van der Waals surface area contributed by atoms with Crippen LogP contribution in [0.15, 0.2) is 52.1 Å². The molecule has 32 heavy (non-hydrogen) atoms. The van der Waals surface area contributed by atoms with E-state index >= 15 is 0 Å². The van der Waals surface area contributed by atoms with Crippen LogP contribution >= 0.6 is 11.3 Å². The molecule has 0 fully saturated rings. The summed E-state index contributed by atoms with van der Waals surface area (Å²) in [6.45, 7) is 0.335. The second-order valence-electron chi connectivity index (χ2n) is 7.22. The Bertz CT molecular complexity index is 1210. The van der Waals surface area contributed by atoms with Crippen LogP contribution in [0.4, 0.5) is 0 Å². The van der Waals surface area contributed by atoms with Crippen LogP contribution in [0.5, 0.6) is 23.0 Å². The fraction of sp³-hybridized carbons (Fsp3) is 0.304. The predicted octanol–water partition coefficient (Wildman–Crippen LogP) is 4.12. The first kappa shape index (κ1) is 22.4. The molecule has 0 spiro atoms. The zero-order valence-corrected chi connectivity index (χ0v) is 20.0. The number of fused-ring (bicyclic) bond motifs is 1. The summed E-state index contributed by atoms with van der Waals surface area (Å²) in [6, 6.07) is 12.1. The van der Waals surface area contributed by atoms with Gasteiger partial charge in [0.1, 0.15) is 4.21 Å². The zero-order chi connectivity index (χ0) is 22.9. The maximum Gasteiger partial charge on any atom is 0.253 e. The van der Waals surface area contributed by atoms with Crippen LogP contribution in [0, 0.1) is 0 Å². The molecule has 0 saturated carbocycles. The smallest absolute Gasteiger partial charge is 0.253 e. The number of methoxy groups -OCH3 is 4. The average Bonchev–Trinajstić information content (AvgIpc) is 3.37. The van der Waals surface area contributed by atoms with E-state index in [1.165, 1.54) is 11.3 Å². The Morgan fingerprint density at radius 3 is 2.16 bits per heavy atom. The average molecular weight is 476 g/mol. The van der Waals surface area contributed by atoms with Crippen molar-refractivity contribution in [3.8, 4) is 23.0 Å². The highest BCUT2D eigenvalue weighted by Crippen LogP contribution is 2.45. The van der Waals surface area contributed by atoms with Gasteiger partial charge in [-0.3, -0.25) is 0 Å². The number of rotatable bonds is 7. The normalized spacial score (nSPS) is 16.3. The van der Waals surface area contributed by atoms with Crippen molar-refractivity contribution in [2.75, 3.05) is 35.0 Å². The highest BCUT2D eigenvalue weighted by atomic mass is 32.2. The highest BCUT2D eigenvalue weighted by molar-refractivity contribution is 7.91. The maximum atomic E-state index is 13.6. The lowest BCUT2D eigenvalue weighted by molar-refractivity contribution is 0.329. The van der Waals surface area contributed by atoms with Crippen LogP contribution in [0.2, 0.25) is 0 Å². The second kappa shape index (κ2) is 9.01. The number of hydrogen-bond donors (Lipinski definition) is 0. The summed E-state index contributed by atoms with van der Waals surface area (Å²) in [5.41, 5.74) is 2.64. The lowest BCUT2D eigenvalue weighted by atomic mass is 9.89. The van der Waals surface area contributed by atoms with Gasteiger partial charge in [-0.05, 0) is 58.8 Å². The molecule has 0 aliphatic carbocycles. The van der Waals surface area contributed by atoms with Gasteiger partial charge < -0.3 is 18.9 Å². The summed E-state index contributed by atoms with van der Waals surface area (Å²) in [6.07, 6.45) is 0.560. The van der Waals surface area contributed by atoms with Crippen molar-refractivity contribution < 1.29 is 27.4 Å². The van der Waals surface area contributed by atoms with E-state index in [0.29, 0.717) is 40.2 Å². The first-order valence-electron chi connectivity index (χ1n) is 9.96. The Labute approximate surface area is 192 Å². The summed E-state index contributed by atoms with van der Waals surface area (Å²) >= 11 is 1.21. The summed E-state index contributed by atoms with van der Waals surface area (Å²) in [4.78, 5) is 0. The number of thiophene rings is 1. The summed E-state index contributed by atoms with van der Waals surface area (Å²) in [7, 11) is 2.56. The standard InChI is InChI=1S/C23H25NO6S2/c1-27-18-8-7-16(13-19(18)28-2)23-17-14-21(30-4)20(29-3)12-15(17)9-10-24(23)32(25,26)22-6-5-11-31-22/h5-8,11-14,23H,9-10H2,1-4H3/t23-/m1/s1. The third-order valence-electron chi connectivity index (χ3n) is 5.61. The molecular formula is C23H25NO6S2. The third kappa shape index (κ3) is 3.80. The molecule has 0 bridgehead atoms. The number of hydrogen-bond acceptors (Lipinski definition) is 7. The molecule has 1 atom stereocenters. The Morgan fingerprint density at radius 2 is 1.53 bits per heavy atom. The lowest BCUT2D eigenvalue weighted by Gasteiger charge is -2.37. The van der Waals surface area contributed by atoms with Gasteiger partial charge in [0.05, 0.1) is 34.5 Å². The van der Waals surface area contributed by atoms with Crippen molar-refractivity contribution in [2.24, 2.45) is 0 Å². The van der Waals surface area contributed by atoms with Crippen molar-refractivity contribution in [1.82, 2.24) is 4.31 Å². The van der Waals surface area contributed by atoms with E-state index < -0.39 is 16.1 Å². The van der Waals surface area contributed by atoms with E-state index in [1.54, 1.807) is 56.3 Å². The monoisotopic (exact) mass is 475 g/mol. The van der Waals surface area contributed by atoms with Gasteiger partial charge in [0, 0.05) is 6.54 Å². The molecular weight excluding hydrogens is 450 g/mol. The summed E-state index contributed by atoms with van der Waals surface area (Å²) in [5.74, 6) is 2.28. The van der Waals surface area contributed by atoms with Crippen molar-refractivity contribution in [3.05, 3.63) is 64.5 Å². The number of benzene rings is 2. The van der Waals surface area contributed by atoms with Gasteiger partial charge in [-0.1, -0.05) is 12.1 Å². The summed E-state index contributed by atoms with van der Waals surface area (Å²) < 4.78 is 51.0. The largest absolute Gasteiger partial charge is 0.493 e. The molecule has 3 aromatic rings. The molecule has 4 rings (SSSR count). The van der Waals surface area contributed by atoms with Crippen LogP contribution in [0.1, 0.15) is 22.7 Å². The number of ether oxygens (including phenoxy) is 4. The van der Waals surface area contributed by atoms with E-state index in [1.807, 2.05) is 24.3 Å². The second-order valence-corrected chi connectivity index (χ2v) is 10.3. The number of sulfonamides is 1. The number of nitrogens with zero attached hydrogens (tertiary/aromatic N) is 1. The Kier molecular flexibility index (Phi) is 6.32. The SMILES string of the molecule is COc1ccc([C@@H]2c3cc(OC)c(OC)cc3CCN2S(=O)(=O)c2cccs2)cc1OC. The molecule has 9 heteroatoms. The van der Waals surface area contributed by atoms with Gasteiger partial charge in [0.25, 0.3) is 10.0 Å². The first-order valence-corrected chi connectivity index (χ1v) is 12.3. The minimum absolute atomic E-state index is 0.312. The predicted molar refractivity (Wildman–Crippen MR) is 123 cm³/mol. The van der Waals surface area contributed by atoms with Gasteiger partial charge in [-0.25, -0.2) is 8.42 Å². The van der Waals surface area contributed by atoms with E-state index in [-0.39, 0.29) is 0 Å². The molecule has 0 amide bonds. The molecule has 2 aromatic carbocycles. The minimum atomic E-state index is -3.72. The van der Waals surface area contributed by atoms with Crippen molar-refractivity contribution >= 4 is 21.4 Å². The Hall–Kier alpha value is -2.75. The fourth-order valence-electron chi connectivity index (χ4n) is 4.08. The molecule has 7 nitrogen and oxygen atoms in total. The molecule has 0 unspecified atom stereocenters. The Morgan fingerprint density at radius 1 is 0.875 bits per heavy atom. The van der Waals surface area contributed by atoms with Crippen molar-refractivity contribution in [1.29, 1.82) is 0 Å². The van der Waals surface area contributed by atoms with Crippen LogP contribution < -0.4 is 18.9 Å². The van der Waals surface area contributed by atoms with Crippen molar-refractivity contribution in [2.45, 2.75) is 16.7 Å². The molecule has 2 heterocycles. The minimum Gasteiger partial charge on any atom is -0.493 e. The van der Waals surface area contributed by atoms with Gasteiger partial charge in [0.2, 0.25) is 0 Å². The molecule has 0 radical (unpaired) electrons. The molecule has 0 N–H and O–H groups in total. The van der Waals surface area contributed by atoms with Gasteiger partial charge >= 0.3 is 0 Å². The molecule has 1 aromatic heterocycles. The van der Waals surface area contributed by atoms with Gasteiger partial charge in [0.15, 0.2) is 23.0 Å². The van der Waals surface area contributed by atoms with E-state index in [4.69, 9.17) is 18.9 Å². The van der Waals surface area contributed by atoms with Crippen LogP contribution in [-0.4, -0.2) is 47.7 Å². The topological polar surface area (TPSA) is 74.3 Å². The highest BCUT2D eigenvalue weighted by Gasteiger charge is 2.39. The van der Waals surface area contributed by atoms with Crippen LogP contribution in [0.3, 0.4) is 0 Å². The van der Waals surface area contributed by atoms with E-state index in [9.17, 15) is 8.42 Å². The maximum absolute atomic E-state index is 13.6. The molecule has 1 aliphatic heterocycles. The van der Waals surface area contributed by atoms with Gasteiger partial charge in [-0.2, -0.15) is 4.31 Å².